The Hall–Kier alpha value is -4.10. The van der Waals surface area contributed by atoms with Gasteiger partial charge in [-0.3, -0.25) is 9.78 Å². The number of hydrogen-bond acceptors (Lipinski definition) is 5. The molecular weight excluding hydrogens is 454 g/mol. The van der Waals surface area contributed by atoms with Crippen molar-refractivity contribution in [3.63, 3.8) is 0 Å². The Balaban J connectivity index is 1.55. The van der Waals surface area contributed by atoms with Crippen molar-refractivity contribution in [3.05, 3.63) is 107 Å². The van der Waals surface area contributed by atoms with Gasteiger partial charge in [-0.05, 0) is 67.1 Å². The van der Waals surface area contributed by atoms with Gasteiger partial charge in [-0.25, -0.2) is 9.78 Å². The van der Waals surface area contributed by atoms with E-state index in [1.165, 1.54) is 6.07 Å². The third-order valence-corrected chi connectivity index (χ3v) is 6.07. The van der Waals surface area contributed by atoms with Crippen molar-refractivity contribution in [3.8, 4) is 0 Å². The molecular formula is C29H29N3O4. The van der Waals surface area contributed by atoms with Crippen LogP contribution in [0.2, 0.25) is 0 Å². The van der Waals surface area contributed by atoms with Crippen molar-refractivity contribution in [1.82, 2.24) is 15.3 Å². The number of aromatic nitrogens is 2. The number of nitrogens with one attached hydrogen (secondary N) is 1. The van der Waals surface area contributed by atoms with Crippen molar-refractivity contribution in [2.75, 3.05) is 13.7 Å². The lowest BCUT2D eigenvalue weighted by molar-refractivity contribution is 0.0699. The molecule has 0 bridgehead atoms. The molecule has 1 amide bonds. The number of aryl methyl sites for hydroxylation is 3. The van der Waals surface area contributed by atoms with E-state index in [-0.39, 0.29) is 17.3 Å². The predicted molar refractivity (Wildman–Crippen MR) is 138 cm³/mol. The summed E-state index contributed by atoms with van der Waals surface area (Å²) in [6, 6.07) is 18.6. The molecule has 0 aliphatic heterocycles. The molecule has 0 unspecified atom stereocenters. The zero-order valence-corrected chi connectivity index (χ0v) is 20.4. The van der Waals surface area contributed by atoms with Crippen LogP contribution < -0.4 is 5.32 Å². The number of carboxylic acids is 1. The molecule has 0 aliphatic carbocycles. The normalized spacial score (nSPS) is 11.8. The highest BCUT2D eigenvalue weighted by Gasteiger charge is 2.20. The lowest BCUT2D eigenvalue weighted by atomic mass is 10.0. The summed E-state index contributed by atoms with van der Waals surface area (Å²) in [7, 11) is 1.58. The Morgan fingerprint density at radius 2 is 1.75 bits per heavy atom. The summed E-state index contributed by atoms with van der Waals surface area (Å²) in [6.45, 7) is 2.34. The Morgan fingerprint density at radius 1 is 1.00 bits per heavy atom. The van der Waals surface area contributed by atoms with Gasteiger partial charge in [-0.2, -0.15) is 0 Å². The van der Waals surface area contributed by atoms with Gasteiger partial charge in [0.2, 0.25) is 0 Å². The van der Waals surface area contributed by atoms with Crippen LogP contribution in [0.4, 0.5) is 0 Å². The Morgan fingerprint density at radius 3 is 2.44 bits per heavy atom. The van der Waals surface area contributed by atoms with Gasteiger partial charge in [0.05, 0.1) is 23.7 Å². The van der Waals surface area contributed by atoms with Crippen LogP contribution in [0, 0.1) is 6.92 Å². The molecule has 2 aromatic carbocycles. The molecule has 0 saturated heterocycles. The third-order valence-electron chi connectivity index (χ3n) is 6.07. The number of aromatic carboxylic acids is 1. The minimum Gasteiger partial charge on any atom is -0.478 e. The number of carboxylic acid groups (broad SMARTS) is 1. The van der Waals surface area contributed by atoms with Gasteiger partial charge >= 0.3 is 5.97 Å². The summed E-state index contributed by atoms with van der Waals surface area (Å²) >= 11 is 0. The molecule has 7 nitrogen and oxygen atoms in total. The molecule has 0 fully saturated rings. The van der Waals surface area contributed by atoms with Gasteiger partial charge < -0.3 is 15.2 Å². The van der Waals surface area contributed by atoms with Gasteiger partial charge in [0, 0.05) is 24.9 Å². The average Bonchev–Trinajstić information content (AvgIpc) is 2.88. The maximum absolute atomic E-state index is 13.1. The van der Waals surface area contributed by atoms with Gasteiger partial charge in [0.1, 0.15) is 5.69 Å². The molecule has 0 radical (unpaired) electrons. The summed E-state index contributed by atoms with van der Waals surface area (Å²) in [5.74, 6) is -1.54. The van der Waals surface area contributed by atoms with Crippen LogP contribution in [0.15, 0.2) is 73.1 Å². The van der Waals surface area contributed by atoms with Crippen molar-refractivity contribution in [2.24, 2.45) is 0 Å². The van der Waals surface area contributed by atoms with E-state index >= 15 is 0 Å². The summed E-state index contributed by atoms with van der Waals surface area (Å²) in [5.41, 5.74) is 4.91. The Bertz CT molecular complexity index is 1350. The fourth-order valence-electron chi connectivity index (χ4n) is 4.18. The zero-order chi connectivity index (χ0) is 25.5. The molecule has 0 saturated carbocycles. The predicted octanol–water partition coefficient (Wildman–Crippen LogP) is 4.41. The first-order valence-electron chi connectivity index (χ1n) is 11.8. The number of methoxy groups -OCH3 is 1. The Kier molecular flexibility index (Phi) is 8.02. The number of carbonyl (C=O) groups excluding carboxylic acids is 1. The fraction of sp³-hybridized carbons (Fsp3) is 0.241. The number of nitrogens with zero attached hydrogens (tertiary/aromatic N) is 2. The number of fused-ring (bicyclic) bond motifs is 1. The van der Waals surface area contributed by atoms with E-state index in [0.717, 1.165) is 35.1 Å². The smallest absolute Gasteiger partial charge is 0.336 e. The summed E-state index contributed by atoms with van der Waals surface area (Å²) < 4.78 is 5.30. The number of carbonyl (C=O) groups is 2. The van der Waals surface area contributed by atoms with Crippen molar-refractivity contribution < 1.29 is 19.4 Å². The van der Waals surface area contributed by atoms with Crippen molar-refractivity contribution in [2.45, 2.75) is 32.2 Å². The first kappa shape index (κ1) is 25.0. The molecule has 0 aliphatic rings. The maximum atomic E-state index is 13.1. The largest absolute Gasteiger partial charge is 0.478 e. The highest BCUT2D eigenvalue weighted by atomic mass is 16.5. The second-order valence-corrected chi connectivity index (χ2v) is 8.89. The lowest BCUT2D eigenvalue weighted by Gasteiger charge is -2.18. The molecule has 184 valence electrons. The van der Waals surface area contributed by atoms with Gasteiger partial charge in [-0.1, -0.05) is 42.0 Å². The number of benzene rings is 2. The number of pyridine rings is 2. The van der Waals surface area contributed by atoms with Crippen LogP contribution in [0.1, 0.15) is 43.1 Å². The molecule has 2 N–H and O–H groups in total. The van der Waals surface area contributed by atoms with Gasteiger partial charge in [0.15, 0.2) is 0 Å². The lowest BCUT2D eigenvalue weighted by Crippen LogP contribution is -2.40. The molecule has 2 aromatic heterocycles. The summed E-state index contributed by atoms with van der Waals surface area (Å²) in [6.07, 6.45) is 5.67. The molecule has 4 aromatic rings. The monoisotopic (exact) mass is 483 g/mol. The van der Waals surface area contributed by atoms with Crippen molar-refractivity contribution >= 4 is 22.8 Å². The summed E-state index contributed by atoms with van der Waals surface area (Å²) in [4.78, 5) is 33.8. The molecule has 2 heterocycles. The number of rotatable bonds is 10. The number of amides is 1. The van der Waals surface area contributed by atoms with E-state index in [1.54, 1.807) is 19.4 Å². The first-order valence-corrected chi connectivity index (χ1v) is 11.8. The SMILES string of the molecule is COC[C@H](Cc1ccc(C)cc1)NC(=O)c1cc(C(=O)O)c2cc(CCc3cccnc3)ccc2n1. The number of hydrogen-bond donors (Lipinski definition) is 2. The molecule has 1 atom stereocenters. The van der Waals surface area contributed by atoms with Crippen LogP contribution in [0.25, 0.3) is 10.9 Å². The molecule has 7 heteroatoms. The second kappa shape index (κ2) is 11.6. The van der Waals surface area contributed by atoms with Gasteiger partial charge in [0.25, 0.3) is 5.91 Å². The fourth-order valence-corrected chi connectivity index (χ4v) is 4.18. The first-order chi connectivity index (χ1) is 17.4. The zero-order valence-electron chi connectivity index (χ0n) is 20.4. The maximum Gasteiger partial charge on any atom is 0.336 e. The second-order valence-electron chi connectivity index (χ2n) is 8.89. The number of ether oxygens (including phenoxy) is 1. The van der Waals surface area contributed by atoms with E-state index in [9.17, 15) is 14.7 Å². The van der Waals surface area contributed by atoms with E-state index < -0.39 is 11.9 Å². The average molecular weight is 484 g/mol. The van der Waals surface area contributed by atoms with Crippen LogP contribution in [0.3, 0.4) is 0 Å². The van der Waals surface area contributed by atoms with Crippen molar-refractivity contribution in [1.29, 1.82) is 0 Å². The quantitative estimate of drug-likeness (QED) is 0.347. The van der Waals surface area contributed by atoms with Crippen LogP contribution in [0.5, 0.6) is 0 Å². The molecule has 4 rings (SSSR count). The highest BCUT2D eigenvalue weighted by Crippen LogP contribution is 2.22. The third kappa shape index (κ3) is 6.31. The molecule has 36 heavy (non-hydrogen) atoms. The van der Waals surface area contributed by atoms with Gasteiger partial charge in [-0.15, -0.1) is 0 Å². The van der Waals surface area contributed by atoms with Crippen LogP contribution in [-0.2, 0) is 24.0 Å². The standard InChI is InChI=1S/C29H29N3O4/c1-19-5-7-20(8-6-19)14-23(18-36-2)31-28(33)27-16-25(29(34)35)24-15-21(11-12-26(24)32-27)9-10-22-4-3-13-30-17-22/h3-8,11-13,15-17,23H,9-10,14,18H2,1-2H3,(H,31,33)(H,34,35)/t23-/m0/s1. The topological polar surface area (TPSA) is 101 Å². The van der Waals surface area contributed by atoms with Crippen LogP contribution in [-0.4, -0.2) is 46.7 Å². The highest BCUT2D eigenvalue weighted by molar-refractivity contribution is 6.06. The minimum absolute atomic E-state index is 0.0511. The molecule has 0 spiro atoms. The Labute approximate surface area is 210 Å². The van der Waals surface area contributed by atoms with E-state index in [2.05, 4.69) is 15.3 Å². The van der Waals surface area contributed by atoms with Crippen LogP contribution >= 0.6 is 0 Å². The van der Waals surface area contributed by atoms with E-state index in [1.807, 2.05) is 61.7 Å². The van der Waals surface area contributed by atoms with E-state index in [0.29, 0.717) is 23.9 Å². The summed E-state index contributed by atoms with van der Waals surface area (Å²) in [5, 5.41) is 13.3. The van der Waals surface area contributed by atoms with E-state index in [4.69, 9.17) is 4.74 Å². The minimum atomic E-state index is -1.10.